The van der Waals surface area contributed by atoms with Crippen molar-refractivity contribution in [2.75, 3.05) is 6.54 Å². The summed E-state index contributed by atoms with van der Waals surface area (Å²) >= 11 is 0. The summed E-state index contributed by atoms with van der Waals surface area (Å²) in [4.78, 5) is 23.2. The van der Waals surface area contributed by atoms with Crippen molar-refractivity contribution in [1.29, 1.82) is 0 Å². The highest BCUT2D eigenvalue weighted by Crippen LogP contribution is 2.25. The Labute approximate surface area is 99.4 Å². The van der Waals surface area contributed by atoms with Crippen molar-refractivity contribution in [1.82, 2.24) is 20.0 Å². The zero-order valence-electron chi connectivity index (χ0n) is 9.23. The molecule has 0 aromatic carbocycles. The highest BCUT2D eigenvalue weighted by atomic mass is 19.4. The van der Waals surface area contributed by atoms with Crippen LogP contribution in [0.2, 0.25) is 0 Å². The Hall–Kier alpha value is -2.06. The van der Waals surface area contributed by atoms with Crippen LogP contribution >= 0.6 is 0 Å². The highest BCUT2D eigenvalue weighted by molar-refractivity contribution is 6.04. The van der Waals surface area contributed by atoms with E-state index in [1.807, 2.05) is 0 Å². The topological polar surface area (TPSA) is 67.2 Å². The quantitative estimate of drug-likeness (QED) is 0.792. The van der Waals surface area contributed by atoms with Crippen LogP contribution in [0.4, 0.5) is 18.0 Å². The molecule has 2 heterocycles. The lowest BCUT2D eigenvalue weighted by Crippen LogP contribution is -2.39. The third kappa shape index (κ3) is 2.29. The van der Waals surface area contributed by atoms with Crippen LogP contribution in [-0.2, 0) is 11.8 Å². The number of rotatable bonds is 2. The van der Waals surface area contributed by atoms with Gasteiger partial charge in [-0.15, -0.1) is 0 Å². The second-order valence-corrected chi connectivity index (χ2v) is 3.87. The molecule has 1 N–H and O–H groups in total. The van der Waals surface area contributed by atoms with Crippen molar-refractivity contribution in [3.05, 3.63) is 18.0 Å². The van der Waals surface area contributed by atoms with Gasteiger partial charge >= 0.3 is 12.2 Å². The van der Waals surface area contributed by atoms with Crippen LogP contribution in [0.25, 0.3) is 0 Å². The van der Waals surface area contributed by atoms with Crippen LogP contribution in [0, 0.1) is 0 Å². The van der Waals surface area contributed by atoms with E-state index in [0.717, 1.165) is 0 Å². The molecule has 3 amide bonds. The molecule has 0 radical (unpaired) electrons. The van der Waals surface area contributed by atoms with E-state index in [0.29, 0.717) is 5.56 Å². The van der Waals surface area contributed by atoms with Gasteiger partial charge in [0, 0.05) is 18.8 Å². The first kappa shape index (κ1) is 12.4. The molecule has 1 saturated heterocycles. The number of carbonyl (C=O) groups is 2. The number of amides is 3. The minimum Gasteiger partial charge on any atom is -0.322 e. The van der Waals surface area contributed by atoms with Crippen molar-refractivity contribution < 1.29 is 22.8 Å². The number of nitrogens with one attached hydrogen (secondary N) is 1. The zero-order chi connectivity index (χ0) is 13.5. The maximum Gasteiger partial charge on any atom is 0.406 e. The van der Waals surface area contributed by atoms with Gasteiger partial charge in [-0.05, 0) is 0 Å². The number of urea groups is 1. The van der Waals surface area contributed by atoms with Crippen LogP contribution in [-0.4, -0.2) is 39.3 Å². The number of halogens is 3. The number of alkyl halides is 3. The van der Waals surface area contributed by atoms with Gasteiger partial charge in [-0.25, -0.2) is 4.79 Å². The fraction of sp³-hybridized carbons (Fsp3) is 0.444. The van der Waals surface area contributed by atoms with Crippen LogP contribution in [0.15, 0.2) is 12.4 Å². The van der Waals surface area contributed by atoms with Crippen LogP contribution in [0.5, 0.6) is 0 Å². The SMILES string of the molecule is Cn1cc(C2NC(=O)N(CC(F)(F)F)C2=O)cn1. The molecule has 6 nitrogen and oxygen atoms in total. The van der Waals surface area contributed by atoms with Gasteiger partial charge in [-0.3, -0.25) is 14.4 Å². The first-order valence-corrected chi connectivity index (χ1v) is 4.95. The highest BCUT2D eigenvalue weighted by Gasteiger charge is 2.45. The number of imide groups is 1. The summed E-state index contributed by atoms with van der Waals surface area (Å²) in [7, 11) is 1.60. The van der Waals surface area contributed by atoms with Gasteiger partial charge in [-0.2, -0.15) is 18.3 Å². The number of aromatic nitrogens is 2. The van der Waals surface area contributed by atoms with Crippen molar-refractivity contribution >= 4 is 11.9 Å². The number of nitrogens with zero attached hydrogens (tertiary/aromatic N) is 3. The molecule has 18 heavy (non-hydrogen) atoms. The molecule has 1 fully saturated rings. The molecule has 9 heteroatoms. The standard InChI is InChI=1S/C9H9F3N4O2/c1-15-3-5(2-13-15)6-7(17)16(8(18)14-6)4-9(10,11)12/h2-3,6H,4H2,1H3,(H,14,18). The van der Waals surface area contributed by atoms with Crippen molar-refractivity contribution in [3.63, 3.8) is 0 Å². The lowest BCUT2D eigenvalue weighted by Gasteiger charge is -2.14. The third-order valence-corrected chi connectivity index (χ3v) is 2.42. The number of carbonyl (C=O) groups excluding carboxylic acids is 2. The van der Waals surface area contributed by atoms with Gasteiger partial charge in [0.15, 0.2) is 0 Å². The Kier molecular flexibility index (Phi) is 2.76. The predicted octanol–water partition coefficient (Wildman–Crippen LogP) is 0.575. The average Bonchev–Trinajstić information content (AvgIpc) is 2.75. The molecular weight excluding hydrogens is 253 g/mol. The van der Waals surface area contributed by atoms with E-state index in [-0.39, 0.29) is 4.90 Å². The Balaban J connectivity index is 2.19. The third-order valence-electron chi connectivity index (χ3n) is 2.42. The number of hydrogen-bond acceptors (Lipinski definition) is 3. The Morgan fingerprint density at radius 3 is 2.61 bits per heavy atom. The second-order valence-electron chi connectivity index (χ2n) is 3.87. The van der Waals surface area contributed by atoms with Crippen LogP contribution in [0.1, 0.15) is 11.6 Å². The molecule has 1 atom stereocenters. The summed E-state index contributed by atoms with van der Waals surface area (Å²) < 4.78 is 38.0. The monoisotopic (exact) mass is 262 g/mol. The van der Waals surface area contributed by atoms with E-state index in [9.17, 15) is 22.8 Å². The largest absolute Gasteiger partial charge is 0.406 e. The molecule has 0 bridgehead atoms. The first-order chi connectivity index (χ1) is 8.28. The summed E-state index contributed by atoms with van der Waals surface area (Å²) in [5.74, 6) is -0.926. The van der Waals surface area contributed by atoms with E-state index >= 15 is 0 Å². The Morgan fingerprint density at radius 2 is 2.11 bits per heavy atom. The van der Waals surface area contributed by atoms with Gasteiger partial charge in [0.25, 0.3) is 5.91 Å². The van der Waals surface area contributed by atoms with E-state index < -0.39 is 30.7 Å². The van der Waals surface area contributed by atoms with E-state index in [2.05, 4.69) is 10.4 Å². The molecule has 1 aromatic rings. The molecule has 98 valence electrons. The normalized spacial score (nSPS) is 20.4. The maximum atomic E-state index is 12.2. The van der Waals surface area contributed by atoms with Gasteiger partial charge in [0.1, 0.15) is 12.6 Å². The summed E-state index contributed by atoms with van der Waals surface area (Å²) in [6.45, 7) is -1.59. The fourth-order valence-electron chi connectivity index (χ4n) is 1.66. The lowest BCUT2D eigenvalue weighted by atomic mass is 10.1. The Bertz CT molecular complexity index is 496. The van der Waals surface area contributed by atoms with E-state index in [1.54, 1.807) is 7.05 Å². The molecule has 0 spiro atoms. The van der Waals surface area contributed by atoms with Crippen LogP contribution < -0.4 is 5.32 Å². The summed E-state index contributed by atoms with van der Waals surface area (Å²) in [6, 6.07) is -2.15. The van der Waals surface area contributed by atoms with Gasteiger partial charge in [0.2, 0.25) is 0 Å². The fourth-order valence-corrected chi connectivity index (χ4v) is 1.66. The molecule has 1 aliphatic rings. The maximum absolute atomic E-state index is 12.2. The average molecular weight is 262 g/mol. The molecule has 1 unspecified atom stereocenters. The summed E-state index contributed by atoms with van der Waals surface area (Å²) in [6.07, 6.45) is -1.84. The molecule has 0 saturated carbocycles. The van der Waals surface area contributed by atoms with Crippen LogP contribution in [0.3, 0.4) is 0 Å². The van der Waals surface area contributed by atoms with Gasteiger partial charge in [-0.1, -0.05) is 0 Å². The van der Waals surface area contributed by atoms with E-state index in [1.165, 1.54) is 17.1 Å². The molecule has 1 aliphatic heterocycles. The first-order valence-electron chi connectivity index (χ1n) is 4.95. The zero-order valence-corrected chi connectivity index (χ0v) is 9.23. The van der Waals surface area contributed by atoms with Gasteiger partial charge < -0.3 is 5.32 Å². The minimum atomic E-state index is -4.61. The summed E-state index contributed by atoms with van der Waals surface area (Å²) in [5, 5.41) is 5.98. The summed E-state index contributed by atoms with van der Waals surface area (Å²) in [5.41, 5.74) is 0.348. The number of aryl methyl sites for hydroxylation is 1. The van der Waals surface area contributed by atoms with E-state index in [4.69, 9.17) is 0 Å². The van der Waals surface area contributed by atoms with Crippen molar-refractivity contribution in [3.8, 4) is 0 Å². The van der Waals surface area contributed by atoms with Crippen molar-refractivity contribution in [2.24, 2.45) is 7.05 Å². The smallest absolute Gasteiger partial charge is 0.322 e. The Morgan fingerprint density at radius 1 is 1.44 bits per heavy atom. The van der Waals surface area contributed by atoms with Crippen molar-refractivity contribution in [2.45, 2.75) is 12.2 Å². The number of hydrogen-bond donors (Lipinski definition) is 1. The molecular formula is C9H9F3N4O2. The molecule has 2 rings (SSSR count). The van der Waals surface area contributed by atoms with Gasteiger partial charge in [0.05, 0.1) is 6.20 Å². The molecule has 1 aromatic heterocycles. The predicted molar refractivity (Wildman–Crippen MR) is 52.2 cm³/mol. The molecule has 0 aliphatic carbocycles. The second kappa shape index (κ2) is 4.00. The lowest BCUT2D eigenvalue weighted by molar-refractivity contribution is -0.153. The minimum absolute atomic E-state index is 0.150.